The van der Waals surface area contributed by atoms with E-state index in [1.807, 2.05) is 0 Å². The van der Waals surface area contributed by atoms with E-state index in [-0.39, 0.29) is 0 Å². The number of benzene rings is 1. The van der Waals surface area contributed by atoms with Crippen LogP contribution < -0.4 is 4.90 Å². The lowest BCUT2D eigenvalue weighted by atomic mass is 10.0. The van der Waals surface area contributed by atoms with Gasteiger partial charge in [0.05, 0.1) is 0 Å². The molecule has 0 aromatic heterocycles. The lowest BCUT2D eigenvalue weighted by Gasteiger charge is -2.30. The van der Waals surface area contributed by atoms with Gasteiger partial charge in [-0.05, 0) is 36.5 Å². The lowest BCUT2D eigenvalue weighted by molar-refractivity contribution is 0.492. The zero-order valence-corrected chi connectivity index (χ0v) is 12.8. The number of nitrogens with zero attached hydrogens (tertiary/aromatic N) is 1. The number of hydrogen-bond donors (Lipinski definition) is 0. The Morgan fingerprint density at radius 1 is 1.47 bits per heavy atom. The zero-order valence-electron chi connectivity index (χ0n) is 10.4. The summed E-state index contributed by atoms with van der Waals surface area (Å²) < 4.78 is 1.12. The van der Waals surface area contributed by atoms with Gasteiger partial charge in [0.2, 0.25) is 0 Å². The molecular weight excluding hydrogens is 298 g/mol. The monoisotopic (exact) mass is 315 g/mol. The van der Waals surface area contributed by atoms with Crippen LogP contribution in [0, 0.1) is 5.92 Å². The van der Waals surface area contributed by atoms with Crippen molar-refractivity contribution in [2.24, 2.45) is 5.92 Å². The molecule has 0 amide bonds. The highest BCUT2D eigenvalue weighted by Crippen LogP contribution is 2.32. The highest BCUT2D eigenvalue weighted by molar-refractivity contribution is 9.10. The van der Waals surface area contributed by atoms with Gasteiger partial charge in [0.15, 0.2) is 0 Å². The van der Waals surface area contributed by atoms with E-state index in [0.29, 0.717) is 17.8 Å². The van der Waals surface area contributed by atoms with E-state index >= 15 is 0 Å². The molecule has 0 radical (unpaired) electrons. The molecule has 3 heteroatoms. The molecule has 1 aliphatic heterocycles. The Morgan fingerprint density at radius 2 is 2.24 bits per heavy atom. The van der Waals surface area contributed by atoms with Crippen LogP contribution in [0.3, 0.4) is 0 Å². The van der Waals surface area contributed by atoms with E-state index in [1.54, 1.807) is 0 Å². The Labute approximate surface area is 117 Å². The highest BCUT2D eigenvalue weighted by Gasteiger charge is 2.27. The number of rotatable bonds is 3. The molecule has 1 unspecified atom stereocenters. The molecule has 1 saturated heterocycles. The van der Waals surface area contributed by atoms with Crippen LogP contribution in [0.25, 0.3) is 0 Å². The minimum Gasteiger partial charge on any atom is -0.368 e. The van der Waals surface area contributed by atoms with Crippen LogP contribution in [0.1, 0.15) is 32.3 Å². The van der Waals surface area contributed by atoms with Crippen LogP contribution in [0.5, 0.6) is 0 Å². The molecule has 1 atom stereocenters. The summed E-state index contributed by atoms with van der Waals surface area (Å²) >= 11 is 9.48. The maximum absolute atomic E-state index is 5.88. The molecule has 0 saturated carbocycles. The van der Waals surface area contributed by atoms with E-state index in [1.165, 1.54) is 25.1 Å². The van der Waals surface area contributed by atoms with Crippen LogP contribution in [0.4, 0.5) is 5.69 Å². The van der Waals surface area contributed by atoms with Crippen LogP contribution in [0.2, 0.25) is 0 Å². The van der Waals surface area contributed by atoms with Gasteiger partial charge >= 0.3 is 0 Å². The molecule has 1 aliphatic rings. The number of alkyl halides is 1. The van der Waals surface area contributed by atoms with Crippen molar-refractivity contribution >= 4 is 33.2 Å². The Morgan fingerprint density at radius 3 is 2.82 bits per heavy atom. The predicted molar refractivity (Wildman–Crippen MR) is 78.9 cm³/mol. The number of halogens is 2. The van der Waals surface area contributed by atoms with Gasteiger partial charge in [0.1, 0.15) is 0 Å². The van der Waals surface area contributed by atoms with Gasteiger partial charge in [-0.3, -0.25) is 0 Å². The van der Waals surface area contributed by atoms with Crippen molar-refractivity contribution < 1.29 is 0 Å². The summed E-state index contributed by atoms with van der Waals surface area (Å²) in [5.74, 6) is 1.28. The van der Waals surface area contributed by atoms with Gasteiger partial charge in [-0.2, -0.15) is 0 Å². The first-order valence-corrected chi connectivity index (χ1v) is 7.57. The van der Waals surface area contributed by atoms with E-state index in [4.69, 9.17) is 11.6 Å². The second-order valence-electron chi connectivity index (χ2n) is 5.06. The molecule has 1 aromatic carbocycles. The smallest absolute Gasteiger partial charge is 0.0485 e. The first-order valence-electron chi connectivity index (χ1n) is 6.24. The molecule has 1 nitrogen and oxygen atoms in total. The largest absolute Gasteiger partial charge is 0.368 e. The highest BCUT2D eigenvalue weighted by atomic mass is 79.9. The average molecular weight is 317 g/mol. The molecular formula is C14H19BrClN. The van der Waals surface area contributed by atoms with Crippen molar-refractivity contribution in [3.8, 4) is 0 Å². The lowest BCUT2D eigenvalue weighted by Crippen LogP contribution is -2.33. The van der Waals surface area contributed by atoms with Gasteiger partial charge in [-0.15, -0.1) is 11.6 Å². The first-order chi connectivity index (χ1) is 8.13. The molecule has 0 N–H and O–H groups in total. The predicted octanol–water partition coefficient (Wildman–Crippen LogP) is 4.81. The van der Waals surface area contributed by atoms with E-state index < -0.39 is 0 Å². The Balaban J connectivity index is 2.24. The summed E-state index contributed by atoms with van der Waals surface area (Å²) in [5.41, 5.74) is 2.48. The fourth-order valence-electron chi connectivity index (χ4n) is 2.63. The van der Waals surface area contributed by atoms with Gasteiger partial charge in [0, 0.05) is 28.6 Å². The third-order valence-corrected chi connectivity index (χ3v) is 4.61. The summed E-state index contributed by atoms with van der Waals surface area (Å²) in [7, 11) is 0. The van der Waals surface area contributed by atoms with E-state index in [0.717, 1.165) is 10.0 Å². The molecule has 1 aromatic rings. The minimum atomic E-state index is 0.564. The average Bonchev–Trinajstić information content (AvgIpc) is 2.77. The van der Waals surface area contributed by atoms with Gasteiger partial charge in [-0.25, -0.2) is 0 Å². The van der Waals surface area contributed by atoms with Crippen LogP contribution in [-0.2, 0) is 5.88 Å². The van der Waals surface area contributed by atoms with Crippen LogP contribution >= 0.6 is 27.5 Å². The number of hydrogen-bond acceptors (Lipinski definition) is 1. The molecule has 0 aliphatic carbocycles. The quantitative estimate of drug-likeness (QED) is 0.723. The van der Waals surface area contributed by atoms with Crippen molar-refractivity contribution in [3.63, 3.8) is 0 Å². The van der Waals surface area contributed by atoms with Gasteiger partial charge < -0.3 is 4.90 Å². The fraction of sp³-hybridized carbons (Fsp3) is 0.571. The summed E-state index contributed by atoms with van der Waals surface area (Å²) in [6.07, 6.45) is 2.62. The fourth-order valence-corrected chi connectivity index (χ4v) is 3.53. The standard InChI is InChI=1S/C14H19BrClN/c1-10(2)14-4-3-7-17(14)12-6-5-11(9-16)13(15)8-12/h5-6,8,10,14H,3-4,7,9H2,1-2H3. The minimum absolute atomic E-state index is 0.564. The maximum Gasteiger partial charge on any atom is 0.0485 e. The van der Waals surface area contributed by atoms with Gasteiger partial charge in [-0.1, -0.05) is 35.8 Å². The molecule has 0 bridgehead atoms. The van der Waals surface area contributed by atoms with Crippen LogP contribution in [-0.4, -0.2) is 12.6 Å². The third-order valence-electron chi connectivity index (χ3n) is 3.58. The van der Waals surface area contributed by atoms with Crippen molar-refractivity contribution in [1.82, 2.24) is 0 Å². The second kappa shape index (κ2) is 5.62. The van der Waals surface area contributed by atoms with Crippen molar-refractivity contribution in [2.45, 2.75) is 38.6 Å². The first kappa shape index (κ1) is 13.2. The molecule has 1 heterocycles. The van der Waals surface area contributed by atoms with Crippen molar-refractivity contribution in [3.05, 3.63) is 28.2 Å². The zero-order chi connectivity index (χ0) is 12.4. The Kier molecular flexibility index (Phi) is 4.37. The van der Waals surface area contributed by atoms with Crippen molar-refractivity contribution in [2.75, 3.05) is 11.4 Å². The second-order valence-corrected chi connectivity index (χ2v) is 6.18. The Bertz CT molecular complexity index is 392. The Hall–Kier alpha value is -0.210. The van der Waals surface area contributed by atoms with Gasteiger partial charge in [0.25, 0.3) is 0 Å². The van der Waals surface area contributed by atoms with Crippen molar-refractivity contribution in [1.29, 1.82) is 0 Å². The normalized spacial score (nSPS) is 20.3. The van der Waals surface area contributed by atoms with E-state index in [2.05, 4.69) is 52.9 Å². The molecule has 94 valence electrons. The third kappa shape index (κ3) is 2.79. The van der Waals surface area contributed by atoms with Crippen LogP contribution in [0.15, 0.2) is 22.7 Å². The van der Waals surface area contributed by atoms with E-state index in [9.17, 15) is 0 Å². The topological polar surface area (TPSA) is 3.24 Å². The maximum atomic E-state index is 5.88. The summed E-state index contributed by atoms with van der Waals surface area (Å²) in [5, 5.41) is 0. The summed E-state index contributed by atoms with van der Waals surface area (Å²) in [6, 6.07) is 7.22. The SMILES string of the molecule is CC(C)C1CCCN1c1ccc(CCl)c(Br)c1. The molecule has 17 heavy (non-hydrogen) atoms. The summed E-state index contributed by atoms with van der Waals surface area (Å²) in [4.78, 5) is 2.54. The number of anilines is 1. The molecule has 0 spiro atoms. The summed E-state index contributed by atoms with van der Waals surface area (Å²) in [6.45, 7) is 5.80. The molecule has 2 rings (SSSR count). The molecule has 1 fully saturated rings.